The van der Waals surface area contributed by atoms with Crippen LogP contribution in [0.4, 0.5) is 0 Å². The van der Waals surface area contributed by atoms with Crippen LogP contribution in [0.5, 0.6) is 17.2 Å². The van der Waals surface area contributed by atoms with E-state index in [1.807, 2.05) is 44.2 Å². The van der Waals surface area contributed by atoms with Gasteiger partial charge < -0.3 is 13.6 Å². The topological polar surface area (TPSA) is 44.8 Å². The molecule has 0 radical (unpaired) electrons. The lowest BCUT2D eigenvalue weighted by Crippen LogP contribution is -2.07. The summed E-state index contributed by atoms with van der Waals surface area (Å²) in [5.74, 6) is 1.25. The fourth-order valence-electron chi connectivity index (χ4n) is 2.27. The molecule has 0 atom stereocenters. The van der Waals surface area contributed by atoms with Gasteiger partial charge in [0.15, 0.2) is 0 Å². The molecule has 0 aromatic heterocycles. The highest BCUT2D eigenvalue weighted by Crippen LogP contribution is 2.49. The van der Waals surface area contributed by atoms with Crippen molar-refractivity contribution in [1.82, 2.24) is 0 Å². The highest BCUT2D eigenvalue weighted by atomic mass is 31.2. The van der Waals surface area contributed by atoms with E-state index in [0.717, 1.165) is 11.1 Å². The molecule has 0 amide bonds. The Morgan fingerprint density at radius 3 is 1.52 bits per heavy atom. The Kier molecular flexibility index (Phi) is 5.11. The second-order valence-corrected chi connectivity index (χ2v) is 7.11. The maximum Gasteiger partial charge on any atom is 0.647 e. The third kappa shape index (κ3) is 4.88. The van der Waals surface area contributed by atoms with Crippen LogP contribution in [-0.4, -0.2) is 0 Å². The van der Waals surface area contributed by atoms with Crippen molar-refractivity contribution < 1.29 is 18.1 Å². The van der Waals surface area contributed by atoms with Gasteiger partial charge in [-0.2, -0.15) is 4.57 Å². The molecule has 3 rings (SSSR count). The standard InChI is InChI=1S/C20H19O4P/c1-16-8-6-12-19(14-16)23-25(21,22-18-10-4-3-5-11-18)24-20-13-7-9-17(2)15-20/h3-15H,1-2H3. The fourth-order valence-corrected chi connectivity index (χ4v) is 3.50. The van der Waals surface area contributed by atoms with Gasteiger partial charge in [-0.1, -0.05) is 42.5 Å². The highest BCUT2D eigenvalue weighted by Gasteiger charge is 2.33. The summed E-state index contributed by atoms with van der Waals surface area (Å²) in [5.41, 5.74) is 1.97. The number of hydrogen-bond donors (Lipinski definition) is 0. The van der Waals surface area contributed by atoms with E-state index < -0.39 is 7.82 Å². The molecule has 0 heterocycles. The van der Waals surface area contributed by atoms with Crippen LogP contribution in [0.2, 0.25) is 0 Å². The highest BCUT2D eigenvalue weighted by molar-refractivity contribution is 7.49. The predicted molar refractivity (Wildman–Crippen MR) is 98.3 cm³/mol. The summed E-state index contributed by atoms with van der Waals surface area (Å²) in [6.45, 7) is 3.86. The van der Waals surface area contributed by atoms with Crippen molar-refractivity contribution in [3.8, 4) is 17.2 Å². The lowest BCUT2D eigenvalue weighted by molar-refractivity contribution is 0.298. The van der Waals surface area contributed by atoms with Gasteiger partial charge in [-0.05, 0) is 61.4 Å². The molecule has 0 saturated carbocycles. The van der Waals surface area contributed by atoms with E-state index >= 15 is 0 Å². The van der Waals surface area contributed by atoms with Crippen LogP contribution in [0.25, 0.3) is 0 Å². The Bertz CT molecular complexity index is 841. The molecular weight excluding hydrogens is 335 g/mol. The van der Waals surface area contributed by atoms with Crippen LogP contribution < -0.4 is 13.6 Å². The van der Waals surface area contributed by atoms with Crippen molar-refractivity contribution in [1.29, 1.82) is 0 Å². The number of hydrogen-bond acceptors (Lipinski definition) is 4. The van der Waals surface area contributed by atoms with Gasteiger partial charge >= 0.3 is 7.82 Å². The maximum atomic E-state index is 13.3. The summed E-state index contributed by atoms with van der Waals surface area (Å²) in [5, 5.41) is 0. The van der Waals surface area contributed by atoms with Crippen LogP contribution >= 0.6 is 7.82 Å². The van der Waals surface area contributed by atoms with Gasteiger partial charge in [-0.3, -0.25) is 0 Å². The van der Waals surface area contributed by atoms with Crippen LogP contribution in [-0.2, 0) is 4.57 Å². The molecule has 0 aliphatic rings. The second-order valence-electron chi connectivity index (χ2n) is 5.67. The number of benzene rings is 3. The smallest absolute Gasteiger partial charge is 0.386 e. The molecule has 0 N–H and O–H groups in total. The summed E-state index contributed by atoms with van der Waals surface area (Å²) < 4.78 is 30.2. The molecule has 4 nitrogen and oxygen atoms in total. The number of phosphoric ester groups is 1. The lowest BCUT2D eigenvalue weighted by atomic mass is 10.2. The first-order valence-corrected chi connectivity index (χ1v) is 9.36. The normalized spacial score (nSPS) is 11.0. The predicted octanol–water partition coefficient (Wildman–Crippen LogP) is 5.95. The van der Waals surface area contributed by atoms with Crippen LogP contribution in [0.3, 0.4) is 0 Å². The minimum absolute atomic E-state index is 0.408. The number of para-hydroxylation sites is 1. The minimum atomic E-state index is -3.92. The van der Waals surface area contributed by atoms with E-state index in [1.165, 1.54) is 0 Å². The van der Waals surface area contributed by atoms with Crippen LogP contribution in [0.15, 0.2) is 78.9 Å². The maximum absolute atomic E-state index is 13.3. The molecular formula is C20H19O4P. The van der Waals surface area contributed by atoms with Crippen molar-refractivity contribution in [2.24, 2.45) is 0 Å². The first kappa shape index (κ1) is 17.1. The SMILES string of the molecule is Cc1cccc(OP(=O)(Oc2ccccc2)Oc2cccc(C)c2)c1. The molecule has 5 heteroatoms. The second kappa shape index (κ2) is 7.45. The summed E-state index contributed by atoms with van der Waals surface area (Å²) in [7, 11) is -3.92. The Balaban J connectivity index is 1.90. The molecule has 0 fully saturated rings. The van der Waals surface area contributed by atoms with E-state index in [2.05, 4.69) is 0 Å². The first-order valence-electron chi connectivity index (χ1n) is 7.90. The Hall–Kier alpha value is -2.71. The van der Waals surface area contributed by atoms with Gasteiger partial charge in [0.25, 0.3) is 0 Å². The van der Waals surface area contributed by atoms with Gasteiger partial charge in [0.1, 0.15) is 17.2 Å². The summed E-state index contributed by atoms with van der Waals surface area (Å²) in [6.07, 6.45) is 0. The average molecular weight is 354 g/mol. The number of phosphoric acid groups is 1. The zero-order valence-corrected chi connectivity index (χ0v) is 15.0. The number of rotatable bonds is 6. The third-order valence-corrected chi connectivity index (χ3v) is 4.68. The van der Waals surface area contributed by atoms with Crippen molar-refractivity contribution in [2.75, 3.05) is 0 Å². The molecule has 0 bridgehead atoms. The average Bonchev–Trinajstić information content (AvgIpc) is 2.55. The van der Waals surface area contributed by atoms with Gasteiger partial charge in [-0.15, -0.1) is 0 Å². The summed E-state index contributed by atoms with van der Waals surface area (Å²) >= 11 is 0. The molecule has 0 spiro atoms. The van der Waals surface area contributed by atoms with Crippen molar-refractivity contribution in [3.05, 3.63) is 90.0 Å². The summed E-state index contributed by atoms with van der Waals surface area (Å²) in [4.78, 5) is 0. The molecule has 128 valence electrons. The summed E-state index contributed by atoms with van der Waals surface area (Å²) in [6, 6.07) is 23.3. The first-order chi connectivity index (χ1) is 12.0. The van der Waals surface area contributed by atoms with E-state index in [4.69, 9.17) is 13.6 Å². The molecule has 0 aliphatic heterocycles. The Labute approximate surface area is 147 Å². The molecule has 25 heavy (non-hydrogen) atoms. The van der Waals surface area contributed by atoms with Crippen molar-refractivity contribution >= 4 is 7.82 Å². The quantitative estimate of drug-likeness (QED) is 0.513. The van der Waals surface area contributed by atoms with Gasteiger partial charge in [0, 0.05) is 0 Å². The molecule has 0 saturated heterocycles. The largest absolute Gasteiger partial charge is 0.647 e. The fraction of sp³-hybridized carbons (Fsp3) is 0.100. The Morgan fingerprint density at radius 2 is 1.04 bits per heavy atom. The lowest BCUT2D eigenvalue weighted by Gasteiger charge is -2.19. The van der Waals surface area contributed by atoms with Gasteiger partial charge in [-0.25, -0.2) is 0 Å². The van der Waals surface area contributed by atoms with E-state index in [-0.39, 0.29) is 0 Å². The van der Waals surface area contributed by atoms with Crippen molar-refractivity contribution in [3.63, 3.8) is 0 Å². The monoisotopic (exact) mass is 354 g/mol. The zero-order chi connectivity index (χ0) is 17.7. The molecule has 3 aromatic rings. The molecule has 0 unspecified atom stereocenters. The molecule has 3 aromatic carbocycles. The minimum Gasteiger partial charge on any atom is -0.386 e. The zero-order valence-electron chi connectivity index (χ0n) is 14.1. The van der Waals surface area contributed by atoms with E-state index in [9.17, 15) is 4.57 Å². The van der Waals surface area contributed by atoms with E-state index in [1.54, 1.807) is 48.5 Å². The number of aryl methyl sites for hydroxylation is 2. The molecule has 0 aliphatic carbocycles. The van der Waals surface area contributed by atoms with Crippen LogP contribution in [0, 0.1) is 13.8 Å². The van der Waals surface area contributed by atoms with Gasteiger partial charge in [0.05, 0.1) is 0 Å². The Morgan fingerprint density at radius 1 is 0.600 bits per heavy atom. The van der Waals surface area contributed by atoms with Crippen LogP contribution in [0.1, 0.15) is 11.1 Å². The third-order valence-electron chi connectivity index (χ3n) is 3.37. The van der Waals surface area contributed by atoms with Gasteiger partial charge in [0.2, 0.25) is 0 Å². The van der Waals surface area contributed by atoms with Crippen molar-refractivity contribution in [2.45, 2.75) is 13.8 Å². The van der Waals surface area contributed by atoms with E-state index in [0.29, 0.717) is 17.2 Å².